The highest BCUT2D eigenvalue weighted by Crippen LogP contribution is 2.21. The number of aromatic nitrogens is 2. The first-order valence-corrected chi connectivity index (χ1v) is 8.44. The molecule has 0 spiro atoms. The molecule has 0 radical (unpaired) electrons. The molecule has 0 saturated carbocycles. The van der Waals surface area contributed by atoms with Gasteiger partial charge in [-0.25, -0.2) is 0 Å². The zero-order valence-corrected chi connectivity index (χ0v) is 14.2. The van der Waals surface area contributed by atoms with Crippen molar-refractivity contribution < 1.29 is 4.74 Å². The van der Waals surface area contributed by atoms with Crippen molar-refractivity contribution in [3.63, 3.8) is 0 Å². The average Bonchev–Trinajstić information content (AvgIpc) is 3.09. The van der Waals surface area contributed by atoms with Crippen LogP contribution in [0.2, 0.25) is 0 Å². The molecule has 4 heteroatoms. The highest BCUT2D eigenvalue weighted by molar-refractivity contribution is 5.79. The summed E-state index contributed by atoms with van der Waals surface area (Å²) in [6.07, 6.45) is 1.88. The summed E-state index contributed by atoms with van der Waals surface area (Å²) in [6, 6.07) is 25.9. The summed E-state index contributed by atoms with van der Waals surface area (Å²) in [5, 5.41) is 14.7. The standard InChI is InChI=1S/C22H17N3O/c23-13-19-8-4-5-9-22(19)26-16-18-10-11-21-20(12-18)14-24-25(21)15-17-6-2-1-3-7-17/h1-12,14H,15-16H2. The first-order valence-electron chi connectivity index (χ1n) is 8.44. The molecule has 26 heavy (non-hydrogen) atoms. The molecule has 0 aliphatic heterocycles. The Labute approximate surface area is 151 Å². The summed E-state index contributed by atoms with van der Waals surface area (Å²) in [5.74, 6) is 0.606. The third-order valence-corrected chi connectivity index (χ3v) is 4.28. The molecule has 3 aromatic carbocycles. The van der Waals surface area contributed by atoms with Crippen LogP contribution in [0.5, 0.6) is 5.75 Å². The molecule has 0 aliphatic rings. The molecule has 126 valence electrons. The topological polar surface area (TPSA) is 50.8 Å². The molecular weight excluding hydrogens is 322 g/mol. The first kappa shape index (κ1) is 15.9. The van der Waals surface area contributed by atoms with E-state index in [9.17, 15) is 0 Å². The Kier molecular flexibility index (Phi) is 4.36. The normalized spacial score (nSPS) is 10.6. The molecule has 0 aliphatic carbocycles. The minimum absolute atomic E-state index is 0.415. The summed E-state index contributed by atoms with van der Waals surface area (Å²) in [6.45, 7) is 1.16. The lowest BCUT2D eigenvalue weighted by molar-refractivity contribution is 0.305. The van der Waals surface area contributed by atoms with Crippen LogP contribution in [0.25, 0.3) is 10.9 Å². The van der Waals surface area contributed by atoms with Gasteiger partial charge in [-0.1, -0.05) is 48.5 Å². The van der Waals surface area contributed by atoms with E-state index in [1.54, 1.807) is 6.07 Å². The van der Waals surface area contributed by atoms with Crippen LogP contribution in [-0.4, -0.2) is 9.78 Å². The quantitative estimate of drug-likeness (QED) is 0.536. The van der Waals surface area contributed by atoms with Gasteiger partial charge in [0.2, 0.25) is 0 Å². The van der Waals surface area contributed by atoms with Crippen LogP contribution < -0.4 is 4.74 Å². The van der Waals surface area contributed by atoms with Gasteiger partial charge >= 0.3 is 0 Å². The van der Waals surface area contributed by atoms with Crippen molar-refractivity contribution in [1.82, 2.24) is 9.78 Å². The van der Waals surface area contributed by atoms with Gasteiger partial charge in [-0.2, -0.15) is 10.4 Å². The van der Waals surface area contributed by atoms with Crippen molar-refractivity contribution in [2.75, 3.05) is 0 Å². The lowest BCUT2D eigenvalue weighted by Crippen LogP contribution is -2.01. The molecule has 0 N–H and O–H groups in total. The number of benzene rings is 3. The van der Waals surface area contributed by atoms with Gasteiger partial charge in [0.05, 0.1) is 23.8 Å². The minimum Gasteiger partial charge on any atom is -0.488 e. The lowest BCUT2D eigenvalue weighted by atomic mass is 10.1. The van der Waals surface area contributed by atoms with Crippen molar-refractivity contribution in [2.24, 2.45) is 0 Å². The van der Waals surface area contributed by atoms with Crippen LogP contribution in [0.1, 0.15) is 16.7 Å². The third-order valence-electron chi connectivity index (χ3n) is 4.28. The summed E-state index contributed by atoms with van der Waals surface area (Å²) in [5.41, 5.74) is 3.90. The van der Waals surface area contributed by atoms with E-state index >= 15 is 0 Å². The third kappa shape index (κ3) is 3.28. The van der Waals surface area contributed by atoms with Gasteiger partial charge in [0.15, 0.2) is 0 Å². The summed E-state index contributed by atoms with van der Waals surface area (Å²) < 4.78 is 7.82. The Morgan fingerprint density at radius 3 is 2.58 bits per heavy atom. The van der Waals surface area contributed by atoms with E-state index in [1.165, 1.54) is 5.56 Å². The molecule has 0 atom stereocenters. The van der Waals surface area contributed by atoms with Crippen molar-refractivity contribution >= 4 is 10.9 Å². The molecule has 0 unspecified atom stereocenters. The van der Waals surface area contributed by atoms with E-state index < -0.39 is 0 Å². The average molecular weight is 339 g/mol. The van der Waals surface area contributed by atoms with Crippen molar-refractivity contribution in [3.8, 4) is 11.8 Å². The summed E-state index contributed by atoms with van der Waals surface area (Å²) in [7, 11) is 0. The number of fused-ring (bicyclic) bond motifs is 1. The van der Waals surface area contributed by atoms with Gasteiger partial charge in [-0.3, -0.25) is 4.68 Å². The fraction of sp³-hybridized carbons (Fsp3) is 0.0909. The van der Waals surface area contributed by atoms with Gasteiger partial charge in [-0.15, -0.1) is 0 Å². The van der Waals surface area contributed by atoms with Gasteiger partial charge in [-0.05, 0) is 35.4 Å². The molecule has 0 amide bonds. The Bertz CT molecular complexity index is 1080. The van der Waals surface area contributed by atoms with E-state index in [0.29, 0.717) is 17.9 Å². The van der Waals surface area contributed by atoms with E-state index in [0.717, 1.165) is 23.0 Å². The second kappa shape index (κ2) is 7.12. The Morgan fingerprint density at radius 1 is 0.923 bits per heavy atom. The zero-order valence-electron chi connectivity index (χ0n) is 14.2. The molecule has 4 nitrogen and oxygen atoms in total. The van der Waals surface area contributed by atoms with Crippen LogP contribution in [0.3, 0.4) is 0 Å². The number of nitriles is 1. The highest BCUT2D eigenvalue weighted by Gasteiger charge is 2.06. The van der Waals surface area contributed by atoms with Crippen LogP contribution in [0.15, 0.2) is 79.0 Å². The Balaban J connectivity index is 1.53. The molecule has 1 aromatic heterocycles. The molecule has 0 saturated heterocycles. The summed E-state index contributed by atoms with van der Waals surface area (Å²) in [4.78, 5) is 0. The van der Waals surface area contributed by atoms with Gasteiger partial charge in [0.1, 0.15) is 18.4 Å². The zero-order chi connectivity index (χ0) is 17.8. The molecule has 1 heterocycles. The van der Waals surface area contributed by atoms with Crippen LogP contribution in [-0.2, 0) is 13.2 Å². The molecule has 0 bridgehead atoms. The minimum atomic E-state index is 0.415. The van der Waals surface area contributed by atoms with Crippen molar-refractivity contribution in [3.05, 3.63) is 95.7 Å². The predicted octanol–water partition coefficient (Wildman–Crippen LogP) is 4.54. The van der Waals surface area contributed by atoms with E-state index in [2.05, 4.69) is 35.4 Å². The number of hydrogen-bond donors (Lipinski definition) is 0. The van der Waals surface area contributed by atoms with E-state index in [1.807, 2.05) is 53.3 Å². The Morgan fingerprint density at radius 2 is 1.73 bits per heavy atom. The smallest absolute Gasteiger partial charge is 0.137 e. The second-order valence-electron chi connectivity index (χ2n) is 6.08. The monoisotopic (exact) mass is 339 g/mol. The van der Waals surface area contributed by atoms with Crippen molar-refractivity contribution in [1.29, 1.82) is 5.26 Å². The number of hydrogen-bond acceptors (Lipinski definition) is 3. The highest BCUT2D eigenvalue weighted by atomic mass is 16.5. The Hall–Kier alpha value is -3.58. The second-order valence-corrected chi connectivity index (χ2v) is 6.08. The fourth-order valence-corrected chi connectivity index (χ4v) is 2.95. The van der Waals surface area contributed by atoms with Crippen molar-refractivity contribution in [2.45, 2.75) is 13.2 Å². The molecule has 4 aromatic rings. The number of para-hydroxylation sites is 1. The lowest BCUT2D eigenvalue weighted by Gasteiger charge is -2.08. The van der Waals surface area contributed by atoms with E-state index in [4.69, 9.17) is 10.00 Å². The fourth-order valence-electron chi connectivity index (χ4n) is 2.95. The SMILES string of the molecule is N#Cc1ccccc1OCc1ccc2c(cnn2Cc2ccccc2)c1. The summed E-state index contributed by atoms with van der Waals surface area (Å²) >= 11 is 0. The maximum atomic E-state index is 9.14. The predicted molar refractivity (Wildman–Crippen MR) is 101 cm³/mol. The van der Waals surface area contributed by atoms with Crippen LogP contribution in [0.4, 0.5) is 0 Å². The van der Waals surface area contributed by atoms with Gasteiger partial charge in [0, 0.05) is 5.39 Å². The number of nitrogens with zero attached hydrogens (tertiary/aromatic N) is 3. The first-order chi connectivity index (χ1) is 12.8. The van der Waals surface area contributed by atoms with E-state index in [-0.39, 0.29) is 0 Å². The molecular formula is C22H17N3O. The molecule has 4 rings (SSSR count). The van der Waals surface area contributed by atoms with Gasteiger partial charge in [0.25, 0.3) is 0 Å². The van der Waals surface area contributed by atoms with Crippen LogP contribution in [0, 0.1) is 11.3 Å². The largest absolute Gasteiger partial charge is 0.488 e. The maximum absolute atomic E-state index is 9.14. The number of rotatable bonds is 5. The number of ether oxygens (including phenoxy) is 1. The van der Waals surface area contributed by atoms with Gasteiger partial charge < -0.3 is 4.74 Å². The van der Waals surface area contributed by atoms with Crippen LogP contribution >= 0.6 is 0 Å². The molecule has 0 fully saturated rings. The maximum Gasteiger partial charge on any atom is 0.137 e.